The monoisotopic (exact) mass is 378 g/mol. The van der Waals surface area contributed by atoms with E-state index in [4.69, 9.17) is 21.1 Å². The topological polar surface area (TPSA) is 72.8 Å². The summed E-state index contributed by atoms with van der Waals surface area (Å²) in [6.45, 7) is 1.97. The van der Waals surface area contributed by atoms with Crippen molar-refractivity contribution in [3.05, 3.63) is 57.9 Å². The number of benzene rings is 1. The van der Waals surface area contributed by atoms with Gasteiger partial charge < -0.3 is 18.9 Å². The highest BCUT2D eigenvalue weighted by atomic mass is 35.5. The first-order chi connectivity index (χ1) is 12.4. The maximum atomic E-state index is 13.3. The molecule has 2 heterocycles. The van der Waals surface area contributed by atoms with Gasteiger partial charge in [0.05, 0.1) is 30.1 Å². The molecule has 0 saturated heterocycles. The molecule has 0 aliphatic heterocycles. The number of carbonyl (C=O) groups excluding carboxylic acids is 1. The zero-order valence-electron chi connectivity index (χ0n) is 13.9. The van der Waals surface area contributed by atoms with Gasteiger partial charge in [-0.15, -0.1) is 0 Å². The molecule has 1 aromatic carbocycles. The molecule has 0 unspecified atom stereocenters. The first-order valence-corrected chi connectivity index (χ1v) is 8.28. The number of aromatic nitrogens is 2. The number of H-pyrrole nitrogens is 1. The van der Waals surface area contributed by atoms with E-state index < -0.39 is 5.82 Å². The van der Waals surface area contributed by atoms with Crippen LogP contribution in [0.25, 0.3) is 16.8 Å². The second-order valence-corrected chi connectivity index (χ2v) is 6.04. The van der Waals surface area contributed by atoms with Crippen LogP contribution in [0, 0.1) is 5.82 Å². The van der Waals surface area contributed by atoms with Crippen LogP contribution in [0.4, 0.5) is 4.39 Å². The lowest BCUT2D eigenvalue weighted by Gasteiger charge is -2.04. The number of hydrogen-bond acceptors (Lipinski definition) is 4. The van der Waals surface area contributed by atoms with Crippen molar-refractivity contribution in [2.24, 2.45) is 0 Å². The summed E-state index contributed by atoms with van der Waals surface area (Å²) in [6, 6.07) is 5.85. The second-order valence-electron chi connectivity index (χ2n) is 5.64. The predicted octanol–water partition coefficient (Wildman–Crippen LogP) is 3.42. The third-order valence-electron chi connectivity index (χ3n) is 3.67. The fourth-order valence-electron chi connectivity index (χ4n) is 2.45. The summed E-state index contributed by atoms with van der Waals surface area (Å²) >= 11 is 5.80. The molecule has 26 heavy (non-hydrogen) atoms. The average molecular weight is 379 g/mol. The molecule has 0 atom stereocenters. The Hall–Kier alpha value is -2.80. The van der Waals surface area contributed by atoms with Crippen molar-refractivity contribution in [3.8, 4) is 17.0 Å². The lowest BCUT2D eigenvalue weighted by molar-refractivity contribution is -0.141. The van der Waals surface area contributed by atoms with Crippen LogP contribution < -0.4 is 10.3 Å². The fourth-order valence-corrected chi connectivity index (χ4v) is 2.64. The van der Waals surface area contributed by atoms with Gasteiger partial charge in [0.25, 0.3) is 5.56 Å². The quantitative estimate of drug-likeness (QED) is 0.527. The van der Waals surface area contributed by atoms with E-state index in [0.29, 0.717) is 35.6 Å². The molecule has 6 nitrogen and oxygen atoms in total. The Morgan fingerprint density at radius 2 is 2.08 bits per heavy atom. The van der Waals surface area contributed by atoms with E-state index >= 15 is 0 Å². The van der Waals surface area contributed by atoms with E-state index in [0.717, 1.165) is 0 Å². The number of ether oxygens (including phenoxy) is 2. The largest absolute Gasteiger partial charge is 0.492 e. The number of esters is 1. The van der Waals surface area contributed by atoms with E-state index in [1.54, 1.807) is 22.9 Å². The molecule has 0 radical (unpaired) electrons. The van der Waals surface area contributed by atoms with Gasteiger partial charge in [0, 0.05) is 31.2 Å². The Bertz CT molecular complexity index is 1010. The van der Waals surface area contributed by atoms with Crippen molar-refractivity contribution in [2.45, 2.75) is 13.3 Å². The van der Waals surface area contributed by atoms with Crippen molar-refractivity contribution in [1.29, 1.82) is 0 Å². The van der Waals surface area contributed by atoms with Crippen LogP contribution in [0.5, 0.6) is 5.75 Å². The lowest BCUT2D eigenvalue weighted by Crippen LogP contribution is -2.09. The van der Waals surface area contributed by atoms with Crippen LogP contribution in [0.1, 0.15) is 13.3 Å². The minimum Gasteiger partial charge on any atom is -0.492 e. The number of nitrogens with one attached hydrogen (secondary N) is 1. The third kappa shape index (κ3) is 4.05. The van der Waals surface area contributed by atoms with Crippen LogP contribution in [0.3, 0.4) is 0 Å². The van der Waals surface area contributed by atoms with Crippen LogP contribution >= 0.6 is 11.6 Å². The first-order valence-electron chi connectivity index (χ1n) is 7.90. The number of aromatic amines is 1. The number of fused-ring (bicyclic) bond motifs is 1. The van der Waals surface area contributed by atoms with Crippen molar-refractivity contribution in [3.63, 3.8) is 0 Å². The van der Waals surface area contributed by atoms with Crippen molar-refractivity contribution >= 4 is 23.1 Å². The Balaban J connectivity index is 1.79. The van der Waals surface area contributed by atoms with Gasteiger partial charge in [0.15, 0.2) is 0 Å². The van der Waals surface area contributed by atoms with Gasteiger partial charge in [0.1, 0.15) is 17.1 Å². The van der Waals surface area contributed by atoms with E-state index in [-0.39, 0.29) is 23.2 Å². The van der Waals surface area contributed by atoms with Gasteiger partial charge in [-0.1, -0.05) is 11.6 Å². The molecule has 0 bridgehead atoms. The summed E-state index contributed by atoms with van der Waals surface area (Å²) in [6.07, 6.45) is 3.92. The van der Waals surface area contributed by atoms with Gasteiger partial charge in [-0.25, -0.2) is 4.39 Å². The highest BCUT2D eigenvalue weighted by Crippen LogP contribution is 2.24. The van der Waals surface area contributed by atoms with Crippen LogP contribution in [0.2, 0.25) is 5.02 Å². The standard InChI is InChI=1S/C18H16ClFN2O4/c1-11(23)25-5-2-6-26-13-8-17-18(24)21-16(10-22(17)9-13)12-3-4-15(20)14(19)7-12/h3-4,7-10H,2,5-6H2,1H3,(H,21,24). The number of rotatable bonds is 6. The van der Waals surface area contributed by atoms with Crippen molar-refractivity contribution < 1.29 is 18.7 Å². The molecule has 2 aromatic heterocycles. The van der Waals surface area contributed by atoms with E-state index in [1.165, 1.54) is 25.1 Å². The van der Waals surface area contributed by atoms with Crippen LogP contribution in [-0.4, -0.2) is 28.6 Å². The number of halogens is 2. The van der Waals surface area contributed by atoms with E-state index in [9.17, 15) is 14.0 Å². The maximum Gasteiger partial charge on any atom is 0.302 e. The fraction of sp³-hybridized carbons (Fsp3) is 0.222. The molecule has 0 saturated carbocycles. The molecule has 0 aliphatic carbocycles. The van der Waals surface area contributed by atoms with E-state index in [2.05, 4.69) is 4.98 Å². The maximum absolute atomic E-state index is 13.3. The first kappa shape index (κ1) is 18.0. The number of hydrogen-bond donors (Lipinski definition) is 1. The molecule has 3 rings (SSSR count). The van der Waals surface area contributed by atoms with Gasteiger partial charge in [-0.05, 0) is 18.2 Å². The van der Waals surface area contributed by atoms with Crippen LogP contribution in [-0.2, 0) is 9.53 Å². The summed E-state index contributed by atoms with van der Waals surface area (Å²) in [5, 5.41) is -0.0206. The zero-order chi connectivity index (χ0) is 18.7. The summed E-state index contributed by atoms with van der Waals surface area (Å²) in [5.41, 5.74) is 1.20. The Kier molecular flexibility index (Phi) is 5.27. The van der Waals surface area contributed by atoms with Gasteiger partial charge >= 0.3 is 5.97 Å². The minimum absolute atomic E-state index is 0.0206. The zero-order valence-corrected chi connectivity index (χ0v) is 14.7. The summed E-state index contributed by atoms with van der Waals surface area (Å²) in [5.74, 6) is -0.337. The molecular formula is C18H16ClFN2O4. The minimum atomic E-state index is -0.524. The van der Waals surface area contributed by atoms with Gasteiger partial charge in [-0.3, -0.25) is 9.59 Å². The molecule has 3 aromatic rings. The van der Waals surface area contributed by atoms with E-state index in [1.807, 2.05) is 0 Å². The van der Waals surface area contributed by atoms with Crippen molar-refractivity contribution in [2.75, 3.05) is 13.2 Å². The normalized spacial score (nSPS) is 10.9. The summed E-state index contributed by atoms with van der Waals surface area (Å²) in [7, 11) is 0. The smallest absolute Gasteiger partial charge is 0.302 e. The average Bonchev–Trinajstić information content (AvgIpc) is 3.00. The molecule has 0 amide bonds. The molecule has 0 fully saturated rings. The Morgan fingerprint density at radius 3 is 2.81 bits per heavy atom. The molecule has 8 heteroatoms. The molecule has 1 N–H and O–H groups in total. The number of carbonyl (C=O) groups is 1. The Morgan fingerprint density at radius 1 is 1.27 bits per heavy atom. The third-order valence-corrected chi connectivity index (χ3v) is 3.96. The molecular weight excluding hydrogens is 363 g/mol. The van der Waals surface area contributed by atoms with Crippen LogP contribution in [0.15, 0.2) is 41.5 Å². The summed E-state index contributed by atoms with van der Waals surface area (Å²) in [4.78, 5) is 25.7. The molecule has 0 aliphatic rings. The lowest BCUT2D eigenvalue weighted by atomic mass is 10.1. The van der Waals surface area contributed by atoms with Gasteiger partial charge in [0.2, 0.25) is 0 Å². The van der Waals surface area contributed by atoms with Gasteiger partial charge in [-0.2, -0.15) is 0 Å². The molecule has 0 spiro atoms. The SMILES string of the molecule is CC(=O)OCCCOc1cc2c(=O)[nH]c(-c3ccc(F)c(Cl)c3)cn2c1. The number of nitrogens with zero attached hydrogens (tertiary/aromatic N) is 1. The predicted molar refractivity (Wildman–Crippen MR) is 95.2 cm³/mol. The summed E-state index contributed by atoms with van der Waals surface area (Å²) < 4.78 is 25.3. The van der Waals surface area contributed by atoms with Crippen molar-refractivity contribution in [1.82, 2.24) is 9.38 Å². The molecule has 136 valence electrons. The second kappa shape index (κ2) is 7.61. The Labute approximate surface area is 153 Å². The highest BCUT2D eigenvalue weighted by Gasteiger charge is 2.09. The highest BCUT2D eigenvalue weighted by molar-refractivity contribution is 6.31.